The Kier molecular flexibility index (Phi) is 11.0. The van der Waals surface area contributed by atoms with E-state index in [1.54, 1.807) is 30.3 Å². The van der Waals surface area contributed by atoms with Crippen LogP contribution in [-0.4, -0.2) is 49.5 Å². The van der Waals surface area contributed by atoms with Gasteiger partial charge in [-0.05, 0) is 61.6 Å². The van der Waals surface area contributed by atoms with Gasteiger partial charge in [-0.2, -0.15) is 0 Å². The quantitative estimate of drug-likeness (QED) is 0.269. The second-order valence-electron chi connectivity index (χ2n) is 12.7. The number of benzene rings is 3. The van der Waals surface area contributed by atoms with Crippen molar-refractivity contribution < 1.29 is 18.0 Å². The first-order chi connectivity index (χ1) is 19.9. The van der Waals surface area contributed by atoms with Crippen molar-refractivity contribution in [3.8, 4) is 0 Å². The van der Waals surface area contributed by atoms with Crippen molar-refractivity contribution in [3.63, 3.8) is 0 Å². The molecule has 3 rings (SSSR count). The van der Waals surface area contributed by atoms with E-state index in [1.165, 1.54) is 4.90 Å². The molecule has 3 aromatic rings. The molecular formula is C33H41Cl2N3O4S. The Labute approximate surface area is 266 Å². The molecule has 232 valence electrons. The average Bonchev–Trinajstić information content (AvgIpc) is 2.89. The maximum Gasteiger partial charge on any atom is 0.244 e. The Morgan fingerprint density at radius 2 is 1.40 bits per heavy atom. The summed E-state index contributed by atoms with van der Waals surface area (Å²) in [5.74, 6) is -0.959. The lowest BCUT2D eigenvalue weighted by atomic mass is 9.87. The third kappa shape index (κ3) is 9.71. The minimum Gasteiger partial charge on any atom is -0.350 e. The minimum atomic E-state index is -3.88. The molecule has 0 aromatic heterocycles. The van der Waals surface area contributed by atoms with Crippen LogP contribution in [0.2, 0.25) is 10.0 Å². The molecule has 0 fully saturated rings. The zero-order valence-corrected chi connectivity index (χ0v) is 28.1. The van der Waals surface area contributed by atoms with Gasteiger partial charge in [-0.3, -0.25) is 13.9 Å². The van der Waals surface area contributed by atoms with Crippen molar-refractivity contribution in [1.29, 1.82) is 0 Å². The van der Waals surface area contributed by atoms with Gasteiger partial charge >= 0.3 is 0 Å². The van der Waals surface area contributed by atoms with E-state index in [0.717, 1.165) is 21.7 Å². The van der Waals surface area contributed by atoms with Gasteiger partial charge in [0.1, 0.15) is 12.6 Å². The van der Waals surface area contributed by atoms with E-state index in [2.05, 4.69) is 26.1 Å². The van der Waals surface area contributed by atoms with E-state index in [1.807, 2.05) is 63.2 Å². The molecule has 0 unspecified atom stereocenters. The summed E-state index contributed by atoms with van der Waals surface area (Å²) in [5.41, 5.74) is 1.93. The molecule has 1 N–H and O–H groups in total. The minimum absolute atomic E-state index is 0.104. The van der Waals surface area contributed by atoms with E-state index in [4.69, 9.17) is 23.2 Å². The molecule has 10 heteroatoms. The molecule has 1 atom stereocenters. The fourth-order valence-electron chi connectivity index (χ4n) is 4.60. The van der Waals surface area contributed by atoms with E-state index in [9.17, 15) is 18.0 Å². The van der Waals surface area contributed by atoms with Crippen LogP contribution in [0.25, 0.3) is 0 Å². The van der Waals surface area contributed by atoms with Crippen molar-refractivity contribution in [2.45, 2.75) is 71.5 Å². The zero-order chi connectivity index (χ0) is 32.2. The second-order valence-corrected chi connectivity index (χ2v) is 15.5. The van der Waals surface area contributed by atoms with Crippen LogP contribution in [0, 0.1) is 0 Å². The van der Waals surface area contributed by atoms with Crippen molar-refractivity contribution >= 4 is 50.7 Å². The maximum atomic E-state index is 14.3. The number of hydrogen-bond donors (Lipinski definition) is 1. The lowest BCUT2D eigenvalue weighted by Crippen LogP contribution is -2.56. The van der Waals surface area contributed by atoms with Crippen LogP contribution in [0.15, 0.2) is 72.8 Å². The largest absolute Gasteiger partial charge is 0.350 e. The standard InChI is InChI=1S/C33H41Cl2N3O4S/c1-32(2,3)24-16-18-25(19-17-24)38(43(7,41)42)22-30(39)37(21-26-27(34)14-11-15-28(26)35)29(31(40)36-33(4,5)6)20-23-12-9-8-10-13-23/h8-19,29H,20-22H2,1-7H3,(H,36,40)/t29-/m0/s1. The molecule has 43 heavy (non-hydrogen) atoms. The van der Waals surface area contributed by atoms with Crippen molar-refractivity contribution in [2.24, 2.45) is 0 Å². The Morgan fingerprint density at radius 1 is 0.837 bits per heavy atom. The van der Waals surface area contributed by atoms with Crippen LogP contribution in [-0.2, 0) is 38.0 Å². The number of nitrogens with zero attached hydrogens (tertiary/aromatic N) is 2. The Hall–Kier alpha value is -3.07. The highest BCUT2D eigenvalue weighted by atomic mass is 35.5. The summed E-state index contributed by atoms with van der Waals surface area (Å²) in [6, 6.07) is 20.5. The van der Waals surface area contributed by atoms with Gasteiger partial charge in [-0.1, -0.05) is 92.5 Å². The van der Waals surface area contributed by atoms with Crippen LogP contribution in [0.3, 0.4) is 0 Å². The van der Waals surface area contributed by atoms with Gasteiger partial charge in [-0.15, -0.1) is 0 Å². The van der Waals surface area contributed by atoms with E-state index in [-0.39, 0.29) is 24.3 Å². The molecule has 0 bridgehead atoms. The third-order valence-electron chi connectivity index (χ3n) is 6.86. The molecule has 0 radical (unpaired) electrons. The lowest BCUT2D eigenvalue weighted by molar-refractivity contribution is -0.140. The monoisotopic (exact) mass is 645 g/mol. The number of anilines is 1. The maximum absolute atomic E-state index is 14.3. The fraction of sp³-hybridized carbons (Fsp3) is 0.394. The third-order valence-corrected chi connectivity index (χ3v) is 8.71. The zero-order valence-electron chi connectivity index (χ0n) is 25.8. The Balaban J connectivity index is 2.11. The van der Waals surface area contributed by atoms with Gasteiger partial charge in [0.25, 0.3) is 0 Å². The van der Waals surface area contributed by atoms with Crippen LogP contribution >= 0.6 is 23.2 Å². The number of nitrogens with one attached hydrogen (secondary N) is 1. The first-order valence-electron chi connectivity index (χ1n) is 14.0. The van der Waals surface area contributed by atoms with Gasteiger partial charge in [-0.25, -0.2) is 8.42 Å². The number of carbonyl (C=O) groups is 2. The highest BCUT2D eigenvalue weighted by Crippen LogP contribution is 2.29. The van der Waals surface area contributed by atoms with E-state index in [0.29, 0.717) is 21.3 Å². The predicted octanol–water partition coefficient (Wildman–Crippen LogP) is 6.61. The molecule has 0 aliphatic carbocycles. The number of amides is 2. The van der Waals surface area contributed by atoms with Crippen molar-refractivity contribution in [3.05, 3.63) is 99.5 Å². The molecule has 0 spiro atoms. The van der Waals surface area contributed by atoms with Gasteiger partial charge in [0.15, 0.2) is 0 Å². The van der Waals surface area contributed by atoms with Crippen LogP contribution < -0.4 is 9.62 Å². The number of hydrogen-bond acceptors (Lipinski definition) is 4. The highest BCUT2D eigenvalue weighted by Gasteiger charge is 2.35. The van der Waals surface area contributed by atoms with Crippen LogP contribution in [0.5, 0.6) is 0 Å². The SMILES string of the molecule is CC(C)(C)NC(=O)[C@H](Cc1ccccc1)N(Cc1c(Cl)cccc1Cl)C(=O)CN(c1ccc(C(C)(C)C)cc1)S(C)(=O)=O. The lowest BCUT2D eigenvalue weighted by Gasteiger charge is -2.35. The summed E-state index contributed by atoms with van der Waals surface area (Å²) in [6.07, 6.45) is 1.25. The smallest absolute Gasteiger partial charge is 0.244 e. The number of carbonyl (C=O) groups excluding carboxylic acids is 2. The molecule has 0 saturated heterocycles. The summed E-state index contributed by atoms with van der Waals surface area (Å²) in [4.78, 5) is 29.5. The number of rotatable bonds is 10. The van der Waals surface area contributed by atoms with Crippen molar-refractivity contribution in [1.82, 2.24) is 10.2 Å². The van der Waals surface area contributed by atoms with Crippen LogP contribution in [0.1, 0.15) is 58.2 Å². The molecular weight excluding hydrogens is 605 g/mol. The van der Waals surface area contributed by atoms with Crippen LogP contribution in [0.4, 0.5) is 5.69 Å². The summed E-state index contributed by atoms with van der Waals surface area (Å²) in [7, 11) is -3.88. The Morgan fingerprint density at radius 3 is 1.88 bits per heavy atom. The van der Waals surface area contributed by atoms with Gasteiger partial charge in [0.2, 0.25) is 21.8 Å². The van der Waals surface area contributed by atoms with Gasteiger partial charge < -0.3 is 10.2 Å². The summed E-state index contributed by atoms with van der Waals surface area (Å²) >= 11 is 13.1. The normalized spacial score (nSPS) is 12.9. The first kappa shape index (κ1) is 34.4. The van der Waals surface area contributed by atoms with E-state index < -0.39 is 34.1 Å². The molecule has 3 aromatic carbocycles. The number of halogens is 2. The van der Waals surface area contributed by atoms with Gasteiger partial charge in [0, 0.05) is 34.1 Å². The molecule has 0 aliphatic heterocycles. The highest BCUT2D eigenvalue weighted by molar-refractivity contribution is 7.92. The fourth-order valence-corrected chi connectivity index (χ4v) is 5.97. The molecule has 0 heterocycles. The summed E-state index contributed by atoms with van der Waals surface area (Å²) in [5, 5.41) is 3.66. The summed E-state index contributed by atoms with van der Waals surface area (Å²) < 4.78 is 27.2. The topological polar surface area (TPSA) is 86.8 Å². The molecule has 7 nitrogen and oxygen atoms in total. The number of sulfonamides is 1. The predicted molar refractivity (Wildman–Crippen MR) is 176 cm³/mol. The van der Waals surface area contributed by atoms with Gasteiger partial charge in [0.05, 0.1) is 11.9 Å². The second kappa shape index (κ2) is 13.7. The molecule has 2 amide bonds. The average molecular weight is 647 g/mol. The summed E-state index contributed by atoms with van der Waals surface area (Å²) in [6.45, 7) is 11.1. The molecule has 0 saturated carbocycles. The molecule has 0 aliphatic rings. The Bertz CT molecular complexity index is 1510. The first-order valence-corrected chi connectivity index (χ1v) is 16.6. The van der Waals surface area contributed by atoms with Crippen molar-refractivity contribution in [2.75, 3.05) is 17.1 Å². The van der Waals surface area contributed by atoms with E-state index >= 15 is 0 Å².